The molecule has 1 amide bonds. The maximum atomic E-state index is 12.5. The number of rotatable bonds is 4. The molecule has 2 fully saturated rings. The Hall–Kier alpha value is -1.37. The molecule has 2 heterocycles. The van der Waals surface area contributed by atoms with Gasteiger partial charge in [-0.05, 0) is 134 Å². The topological polar surface area (TPSA) is 45.1 Å². The summed E-state index contributed by atoms with van der Waals surface area (Å²) in [5.74, 6) is 1.39. The predicted molar refractivity (Wildman–Crippen MR) is 162 cm³/mol. The van der Waals surface area contributed by atoms with E-state index < -0.39 is 5.60 Å². The lowest BCUT2D eigenvalue weighted by molar-refractivity contribution is 0.0129. The fourth-order valence-corrected chi connectivity index (χ4v) is 6.49. The summed E-state index contributed by atoms with van der Waals surface area (Å²) in [6.07, 6.45) is 8.42. The number of hydrogen-bond donors (Lipinski definition) is 0. The van der Waals surface area contributed by atoms with Crippen LogP contribution < -0.4 is 0 Å². The lowest BCUT2D eigenvalue weighted by atomic mass is 9.78. The van der Waals surface area contributed by atoms with Crippen molar-refractivity contribution in [3.63, 3.8) is 0 Å². The Morgan fingerprint density at radius 1 is 1.03 bits per heavy atom. The van der Waals surface area contributed by atoms with Crippen LogP contribution in [0.5, 0.6) is 0 Å². The maximum Gasteiger partial charge on any atom is 0.410 e. The molecule has 0 bridgehead atoms. The summed E-state index contributed by atoms with van der Waals surface area (Å²) < 4.78 is 5.45. The first-order valence-electron chi connectivity index (χ1n) is 14.2. The molecule has 2 aliphatic heterocycles. The minimum Gasteiger partial charge on any atom is -0.444 e. The summed E-state index contributed by atoms with van der Waals surface area (Å²) in [6, 6.07) is 6.58. The Morgan fingerprint density at radius 3 is 2.21 bits per heavy atom. The molecule has 5 nitrogen and oxygen atoms in total. The van der Waals surface area contributed by atoms with Crippen molar-refractivity contribution >= 4 is 39.8 Å². The minimum atomic E-state index is -0.442. The van der Waals surface area contributed by atoms with E-state index in [0.29, 0.717) is 11.8 Å². The smallest absolute Gasteiger partial charge is 0.410 e. The van der Waals surface area contributed by atoms with Gasteiger partial charge in [0, 0.05) is 24.3 Å². The average molecular weight is 607 g/mol. The number of ether oxygens (including phenoxy) is 1. The molecule has 1 aliphatic carbocycles. The number of amides is 1. The minimum absolute atomic E-state index is 0.152. The number of piperidine rings is 2. The summed E-state index contributed by atoms with van der Waals surface area (Å²) in [7, 11) is 0. The van der Waals surface area contributed by atoms with Crippen molar-refractivity contribution in [3.05, 3.63) is 45.6 Å². The van der Waals surface area contributed by atoms with E-state index in [4.69, 9.17) is 21.3 Å². The Labute approximate surface area is 243 Å². The van der Waals surface area contributed by atoms with Crippen LogP contribution in [0.3, 0.4) is 0 Å². The van der Waals surface area contributed by atoms with E-state index in [9.17, 15) is 4.79 Å². The molecule has 0 saturated carbocycles. The first-order chi connectivity index (χ1) is 17.8. The molecular formula is C31H45BrClN3O2. The molecule has 7 heteroatoms. The van der Waals surface area contributed by atoms with Crippen LogP contribution in [0.4, 0.5) is 4.79 Å². The number of aryl methyl sites for hydroxylation is 1. The lowest BCUT2D eigenvalue weighted by Crippen LogP contribution is -2.45. The molecule has 38 heavy (non-hydrogen) atoms. The van der Waals surface area contributed by atoms with E-state index in [0.717, 1.165) is 56.9 Å². The van der Waals surface area contributed by atoms with Gasteiger partial charge >= 0.3 is 6.09 Å². The van der Waals surface area contributed by atoms with E-state index in [1.165, 1.54) is 35.2 Å². The van der Waals surface area contributed by atoms with E-state index in [1.54, 1.807) is 0 Å². The molecule has 2 saturated heterocycles. The van der Waals surface area contributed by atoms with Crippen LogP contribution >= 0.6 is 27.5 Å². The van der Waals surface area contributed by atoms with E-state index >= 15 is 0 Å². The largest absolute Gasteiger partial charge is 0.444 e. The van der Waals surface area contributed by atoms with Crippen molar-refractivity contribution in [2.24, 2.45) is 16.8 Å². The third-order valence-electron chi connectivity index (χ3n) is 8.17. The number of aliphatic imine (C=N–C) groups is 1. The summed E-state index contributed by atoms with van der Waals surface area (Å²) in [6.45, 7) is 16.0. The molecule has 1 aromatic rings. The van der Waals surface area contributed by atoms with Gasteiger partial charge in [0.05, 0.1) is 16.1 Å². The number of likely N-dealkylation sites (tertiary alicyclic amines) is 2. The van der Waals surface area contributed by atoms with E-state index in [2.05, 4.69) is 53.7 Å². The highest BCUT2D eigenvalue weighted by Crippen LogP contribution is 2.42. The van der Waals surface area contributed by atoms with Gasteiger partial charge in [0.2, 0.25) is 0 Å². The van der Waals surface area contributed by atoms with Crippen molar-refractivity contribution in [2.45, 2.75) is 96.0 Å². The first kappa shape index (κ1) is 29.6. The van der Waals surface area contributed by atoms with Crippen LogP contribution in [0.2, 0.25) is 5.02 Å². The van der Waals surface area contributed by atoms with Crippen LogP contribution in [0.25, 0.3) is 0 Å². The number of alkyl halides is 1. The van der Waals surface area contributed by atoms with Crippen LogP contribution in [0.1, 0.15) is 90.8 Å². The monoisotopic (exact) mass is 605 g/mol. The molecule has 1 aromatic carbocycles. The summed E-state index contributed by atoms with van der Waals surface area (Å²) in [5, 5.41) is 0.810. The zero-order chi connectivity index (χ0) is 27.7. The first-order valence-corrected chi connectivity index (χ1v) is 15.4. The highest BCUT2D eigenvalue weighted by atomic mass is 79.9. The number of fused-ring (bicyclic) bond motifs is 1. The van der Waals surface area contributed by atoms with Crippen molar-refractivity contribution in [2.75, 3.05) is 26.2 Å². The number of nitrogens with zero attached hydrogens (tertiary/aromatic N) is 3. The molecule has 1 atom stereocenters. The second-order valence-electron chi connectivity index (χ2n) is 12.9. The fraction of sp³-hybridized carbons (Fsp3) is 0.677. The maximum absolute atomic E-state index is 12.5. The molecule has 210 valence electrons. The van der Waals surface area contributed by atoms with Gasteiger partial charge in [-0.15, -0.1) is 0 Å². The van der Waals surface area contributed by atoms with Crippen molar-refractivity contribution in [1.29, 1.82) is 0 Å². The third-order valence-corrected chi connectivity index (χ3v) is 8.61. The lowest BCUT2D eigenvalue weighted by Gasteiger charge is -2.43. The zero-order valence-electron chi connectivity index (χ0n) is 24.0. The number of allylic oxidation sites excluding steroid dienone is 1. The highest BCUT2D eigenvalue weighted by Gasteiger charge is 2.36. The molecule has 0 spiro atoms. The van der Waals surface area contributed by atoms with Gasteiger partial charge in [-0.1, -0.05) is 33.6 Å². The highest BCUT2D eigenvalue weighted by molar-refractivity contribution is 9.10. The average Bonchev–Trinajstić information content (AvgIpc) is 2.97. The molecule has 0 radical (unpaired) electrons. The van der Waals surface area contributed by atoms with Gasteiger partial charge < -0.3 is 9.64 Å². The Kier molecular flexibility index (Phi) is 9.36. The second-order valence-corrected chi connectivity index (χ2v) is 15.4. The van der Waals surface area contributed by atoms with Gasteiger partial charge in [0.15, 0.2) is 0 Å². The van der Waals surface area contributed by atoms with Crippen LogP contribution in [-0.2, 0) is 11.2 Å². The SMILES string of the molecule is CC1=C(N=CC(C)(C)Br)C(N2CCC(C3CCN(C(=O)OC(C)(C)C)CC3)CC2)c2ccc(Cl)cc2CC1. The van der Waals surface area contributed by atoms with Crippen LogP contribution in [-0.4, -0.2) is 58.2 Å². The Morgan fingerprint density at radius 2 is 1.63 bits per heavy atom. The van der Waals surface area contributed by atoms with Crippen molar-refractivity contribution in [3.8, 4) is 0 Å². The molecule has 4 rings (SSSR count). The number of halogens is 2. The summed E-state index contributed by atoms with van der Waals surface area (Å²) in [5.41, 5.74) is 4.83. The third kappa shape index (κ3) is 7.63. The predicted octanol–water partition coefficient (Wildman–Crippen LogP) is 8.20. The molecule has 0 N–H and O–H groups in total. The summed E-state index contributed by atoms with van der Waals surface area (Å²) in [4.78, 5) is 22.2. The number of hydrogen-bond acceptors (Lipinski definition) is 4. The van der Waals surface area contributed by atoms with Crippen LogP contribution in [0.15, 0.2) is 34.5 Å². The quantitative estimate of drug-likeness (QED) is 0.256. The standard InChI is InChI=1S/C31H45BrClN3O2/c1-21-7-8-24-19-25(33)9-10-26(24)28(27(21)34-20-31(5,6)32)35-15-11-22(12-16-35)23-13-17-36(18-14-23)29(37)38-30(2,3)4/h9-10,19-20,22-23,28H,7-8,11-18H2,1-6H3. The van der Waals surface area contributed by atoms with Crippen molar-refractivity contribution < 1.29 is 9.53 Å². The van der Waals surface area contributed by atoms with Gasteiger partial charge in [0.25, 0.3) is 0 Å². The van der Waals surface area contributed by atoms with Gasteiger partial charge in [-0.25, -0.2) is 4.79 Å². The zero-order valence-corrected chi connectivity index (χ0v) is 26.4. The van der Waals surface area contributed by atoms with E-state index in [-0.39, 0.29) is 16.5 Å². The van der Waals surface area contributed by atoms with Gasteiger partial charge in [-0.2, -0.15) is 0 Å². The molecule has 0 aromatic heterocycles. The number of benzene rings is 1. The normalized spacial score (nSPS) is 23.1. The van der Waals surface area contributed by atoms with Crippen LogP contribution in [0, 0.1) is 11.8 Å². The Bertz CT molecular complexity index is 1060. The fourth-order valence-electron chi connectivity index (χ4n) is 6.19. The summed E-state index contributed by atoms with van der Waals surface area (Å²) >= 11 is 10.2. The number of carbonyl (C=O) groups excluding carboxylic acids is 1. The molecule has 1 unspecified atom stereocenters. The second kappa shape index (κ2) is 12.0. The Balaban J connectivity index is 1.46. The van der Waals surface area contributed by atoms with E-state index in [1.807, 2.05) is 38.0 Å². The van der Waals surface area contributed by atoms with Gasteiger partial charge in [0.1, 0.15) is 5.60 Å². The molecular weight excluding hydrogens is 562 g/mol. The van der Waals surface area contributed by atoms with Gasteiger partial charge in [-0.3, -0.25) is 9.89 Å². The number of carbonyl (C=O) groups is 1. The molecule has 3 aliphatic rings. The van der Waals surface area contributed by atoms with Crippen molar-refractivity contribution in [1.82, 2.24) is 9.80 Å².